The minimum Gasteiger partial charge on any atom is -0.366 e. The van der Waals surface area contributed by atoms with Crippen molar-refractivity contribution in [3.8, 4) is 0 Å². The number of benzene rings is 1. The molecule has 0 aromatic heterocycles. The number of nitrogens with one attached hydrogen (secondary N) is 2. The molecular formula is C29H50N2S. The Labute approximate surface area is 204 Å². The summed E-state index contributed by atoms with van der Waals surface area (Å²) in [6.07, 6.45) is 16.7. The average Bonchev–Trinajstić information content (AvgIpc) is 2.81. The topological polar surface area (TPSA) is 24.1 Å². The molecule has 0 spiro atoms. The van der Waals surface area contributed by atoms with Gasteiger partial charge < -0.3 is 10.6 Å². The van der Waals surface area contributed by atoms with Crippen LogP contribution in [0.25, 0.3) is 0 Å². The van der Waals surface area contributed by atoms with Crippen LogP contribution >= 0.6 is 12.2 Å². The molecule has 5 unspecified atom stereocenters. The van der Waals surface area contributed by atoms with Gasteiger partial charge in [-0.2, -0.15) is 0 Å². The summed E-state index contributed by atoms with van der Waals surface area (Å²) in [4.78, 5) is 0. The number of rotatable bonds is 7. The minimum atomic E-state index is 0.671. The molecule has 0 heterocycles. The van der Waals surface area contributed by atoms with Crippen LogP contribution in [0.4, 0.5) is 5.69 Å². The van der Waals surface area contributed by atoms with E-state index in [4.69, 9.17) is 12.2 Å². The maximum Gasteiger partial charge on any atom is 0.170 e. The standard InChI is InChI=1S/C29H50N2S/c1-6-22-10-11-23(7-2)14-17-26(9-4)27(20-24(8-3)13-12-22)21-25-15-18-28(19-16-25)31-29(32)30-5/h15-16,18-19,22-24,26-27H,6-14,17,20-21H2,1-5H3,(H2,30,31,32). The molecule has 1 aromatic rings. The van der Waals surface area contributed by atoms with E-state index in [0.717, 1.165) is 35.3 Å². The van der Waals surface area contributed by atoms with Gasteiger partial charge in [0, 0.05) is 12.7 Å². The van der Waals surface area contributed by atoms with E-state index in [9.17, 15) is 0 Å². The largest absolute Gasteiger partial charge is 0.366 e. The Bertz CT molecular complexity index is 641. The zero-order valence-electron chi connectivity index (χ0n) is 21.6. The van der Waals surface area contributed by atoms with E-state index in [1.165, 1.54) is 82.6 Å². The maximum absolute atomic E-state index is 5.24. The van der Waals surface area contributed by atoms with Crippen LogP contribution in [0.15, 0.2) is 24.3 Å². The van der Waals surface area contributed by atoms with Gasteiger partial charge in [-0.3, -0.25) is 0 Å². The summed E-state index contributed by atoms with van der Waals surface area (Å²) in [5.41, 5.74) is 2.55. The second kappa shape index (κ2) is 14.9. The van der Waals surface area contributed by atoms with Crippen LogP contribution in [-0.2, 0) is 6.42 Å². The summed E-state index contributed by atoms with van der Waals surface area (Å²) in [7, 11) is 1.86. The summed E-state index contributed by atoms with van der Waals surface area (Å²) in [5, 5.41) is 6.90. The zero-order valence-corrected chi connectivity index (χ0v) is 22.4. The number of hydrogen-bond acceptors (Lipinski definition) is 1. The van der Waals surface area contributed by atoms with Crippen LogP contribution in [0.1, 0.15) is 104 Å². The lowest BCUT2D eigenvalue weighted by Gasteiger charge is -2.33. The Kier molecular flexibility index (Phi) is 12.7. The van der Waals surface area contributed by atoms with Gasteiger partial charge >= 0.3 is 0 Å². The molecule has 2 rings (SSSR count). The molecule has 0 amide bonds. The summed E-state index contributed by atoms with van der Waals surface area (Å²) >= 11 is 5.24. The van der Waals surface area contributed by atoms with E-state index in [2.05, 4.69) is 62.6 Å². The quantitative estimate of drug-likeness (QED) is 0.400. The molecule has 1 saturated carbocycles. The highest BCUT2D eigenvalue weighted by atomic mass is 32.1. The summed E-state index contributed by atoms with van der Waals surface area (Å²) < 4.78 is 0. The van der Waals surface area contributed by atoms with Crippen molar-refractivity contribution in [2.45, 2.75) is 105 Å². The van der Waals surface area contributed by atoms with Crippen LogP contribution in [-0.4, -0.2) is 12.2 Å². The van der Waals surface area contributed by atoms with Crippen LogP contribution in [0.2, 0.25) is 0 Å². The monoisotopic (exact) mass is 458 g/mol. The molecule has 2 N–H and O–H groups in total. The lowest BCUT2D eigenvalue weighted by molar-refractivity contribution is 0.200. The summed E-state index contributed by atoms with van der Waals surface area (Å²) in [6.45, 7) is 9.69. The van der Waals surface area contributed by atoms with Crippen LogP contribution < -0.4 is 10.6 Å². The fraction of sp³-hybridized carbons (Fsp3) is 0.759. The van der Waals surface area contributed by atoms with E-state index < -0.39 is 0 Å². The summed E-state index contributed by atoms with van der Waals surface area (Å²) in [5.74, 6) is 4.43. The zero-order chi connectivity index (χ0) is 23.3. The van der Waals surface area contributed by atoms with Gasteiger partial charge in [0.15, 0.2) is 5.11 Å². The van der Waals surface area contributed by atoms with Crippen molar-refractivity contribution in [2.75, 3.05) is 12.4 Å². The normalized spacial score (nSPS) is 27.7. The van der Waals surface area contributed by atoms with Gasteiger partial charge in [0.2, 0.25) is 0 Å². The molecule has 1 fully saturated rings. The Hall–Kier alpha value is -1.09. The Morgan fingerprint density at radius 1 is 0.750 bits per heavy atom. The van der Waals surface area contributed by atoms with Crippen molar-refractivity contribution in [3.63, 3.8) is 0 Å². The Balaban J connectivity index is 2.16. The van der Waals surface area contributed by atoms with E-state index >= 15 is 0 Å². The average molecular weight is 459 g/mol. The smallest absolute Gasteiger partial charge is 0.170 e. The molecule has 0 aliphatic heterocycles. The third-order valence-electron chi connectivity index (χ3n) is 8.41. The fourth-order valence-corrected chi connectivity index (χ4v) is 5.97. The van der Waals surface area contributed by atoms with Crippen molar-refractivity contribution >= 4 is 23.0 Å². The predicted molar refractivity (Wildman–Crippen MR) is 146 cm³/mol. The van der Waals surface area contributed by atoms with Crippen molar-refractivity contribution in [3.05, 3.63) is 29.8 Å². The van der Waals surface area contributed by atoms with Gasteiger partial charge in [-0.05, 0) is 78.8 Å². The van der Waals surface area contributed by atoms with E-state index in [1.807, 2.05) is 7.05 Å². The number of hydrogen-bond donors (Lipinski definition) is 2. The molecule has 1 aliphatic carbocycles. The minimum absolute atomic E-state index is 0.671. The molecule has 32 heavy (non-hydrogen) atoms. The van der Waals surface area contributed by atoms with Gasteiger partial charge in [0.1, 0.15) is 0 Å². The highest BCUT2D eigenvalue weighted by molar-refractivity contribution is 7.80. The SMILES string of the molecule is CCC1CCC(CC)CCC(CC)C(Cc2ccc(NC(=S)NC)cc2)CC(CC)CC1. The Morgan fingerprint density at radius 3 is 1.78 bits per heavy atom. The fourth-order valence-electron chi connectivity index (χ4n) is 5.85. The van der Waals surface area contributed by atoms with Gasteiger partial charge in [-0.15, -0.1) is 0 Å². The van der Waals surface area contributed by atoms with Crippen molar-refractivity contribution in [2.24, 2.45) is 29.6 Å². The van der Waals surface area contributed by atoms with E-state index in [-0.39, 0.29) is 0 Å². The Morgan fingerprint density at radius 2 is 1.28 bits per heavy atom. The number of thiocarbonyl (C=S) groups is 1. The van der Waals surface area contributed by atoms with Crippen LogP contribution in [0, 0.1) is 29.6 Å². The lowest BCUT2D eigenvalue weighted by Crippen LogP contribution is -2.24. The predicted octanol–water partition coefficient (Wildman–Crippen LogP) is 8.61. The first-order chi connectivity index (χ1) is 15.5. The first kappa shape index (κ1) is 27.2. The molecule has 5 atom stereocenters. The molecule has 1 aromatic carbocycles. The molecule has 0 bridgehead atoms. The van der Waals surface area contributed by atoms with E-state index in [0.29, 0.717) is 5.11 Å². The highest BCUT2D eigenvalue weighted by Crippen LogP contribution is 2.37. The maximum atomic E-state index is 5.24. The van der Waals surface area contributed by atoms with Crippen molar-refractivity contribution in [1.82, 2.24) is 5.32 Å². The summed E-state index contributed by atoms with van der Waals surface area (Å²) in [6, 6.07) is 9.00. The molecule has 2 nitrogen and oxygen atoms in total. The lowest BCUT2D eigenvalue weighted by atomic mass is 9.73. The van der Waals surface area contributed by atoms with Gasteiger partial charge in [0.05, 0.1) is 0 Å². The molecule has 3 heteroatoms. The molecule has 182 valence electrons. The highest BCUT2D eigenvalue weighted by Gasteiger charge is 2.26. The molecule has 0 radical (unpaired) electrons. The van der Waals surface area contributed by atoms with Crippen LogP contribution in [0.3, 0.4) is 0 Å². The first-order valence-electron chi connectivity index (χ1n) is 13.6. The van der Waals surface area contributed by atoms with Gasteiger partial charge in [-0.1, -0.05) is 97.6 Å². The second-order valence-electron chi connectivity index (χ2n) is 10.3. The third kappa shape index (κ3) is 9.04. The van der Waals surface area contributed by atoms with Gasteiger partial charge in [-0.25, -0.2) is 0 Å². The molecule has 1 aliphatic rings. The third-order valence-corrected chi connectivity index (χ3v) is 8.71. The second-order valence-corrected chi connectivity index (χ2v) is 10.7. The van der Waals surface area contributed by atoms with Crippen LogP contribution in [0.5, 0.6) is 0 Å². The number of anilines is 1. The van der Waals surface area contributed by atoms with Crippen molar-refractivity contribution in [1.29, 1.82) is 0 Å². The van der Waals surface area contributed by atoms with E-state index in [1.54, 1.807) is 0 Å². The molecular weight excluding hydrogens is 408 g/mol. The van der Waals surface area contributed by atoms with Crippen molar-refractivity contribution < 1.29 is 0 Å². The van der Waals surface area contributed by atoms with Gasteiger partial charge in [0.25, 0.3) is 0 Å². The first-order valence-corrected chi connectivity index (χ1v) is 14.0. The molecule has 0 saturated heterocycles.